The first-order valence-corrected chi connectivity index (χ1v) is 37.4. The van der Waals surface area contributed by atoms with Crippen molar-refractivity contribution < 1.29 is 57.4 Å². The van der Waals surface area contributed by atoms with E-state index in [1.165, 1.54) is 18.6 Å². The van der Waals surface area contributed by atoms with Gasteiger partial charge >= 0.3 is 18.3 Å². The van der Waals surface area contributed by atoms with Crippen molar-refractivity contribution in [2.45, 2.75) is 180 Å². The molecule has 0 fully saturated rings. The van der Waals surface area contributed by atoms with Crippen LogP contribution in [-0.4, -0.2) is 136 Å². The number of carbonyl (C=O) groups excluding carboxylic acids is 9. The fourth-order valence-electron chi connectivity index (χ4n) is 12.8. The summed E-state index contributed by atoms with van der Waals surface area (Å²) in [5.41, 5.74) is 19.4. The van der Waals surface area contributed by atoms with Gasteiger partial charge in [-0.05, 0) is 230 Å². The average Bonchev–Trinajstić information content (AvgIpc) is 1.59. The molecule has 0 saturated heterocycles. The molecule has 0 radical (unpaired) electrons. The third kappa shape index (κ3) is 21.5. The Kier molecular flexibility index (Phi) is 27.2. The van der Waals surface area contributed by atoms with Crippen LogP contribution in [0.15, 0.2) is 182 Å². The van der Waals surface area contributed by atoms with Crippen molar-refractivity contribution >= 4 is 70.4 Å². The molecule has 27 heteroatoms. The number of benzene rings is 6. The molecule has 0 aliphatic carbocycles. The van der Waals surface area contributed by atoms with Crippen molar-refractivity contribution in [2.24, 2.45) is 17.2 Å². The summed E-state index contributed by atoms with van der Waals surface area (Å²) < 4.78 is 21.0. The van der Waals surface area contributed by atoms with E-state index in [-0.39, 0.29) is 91.9 Å². The van der Waals surface area contributed by atoms with Crippen LogP contribution in [-0.2, 0) is 28.6 Å². The molecule has 3 aromatic heterocycles. The summed E-state index contributed by atoms with van der Waals surface area (Å²) in [4.78, 5) is 127. The van der Waals surface area contributed by atoms with E-state index in [9.17, 15) is 43.2 Å². The lowest BCUT2D eigenvalue weighted by atomic mass is 9.83. The van der Waals surface area contributed by atoms with E-state index >= 15 is 0 Å². The van der Waals surface area contributed by atoms with E-state index in [2.05, 4.69) is 47.2 Å². The van der Waals surface area contributed by atoms with Gasteiger partial charge in [0.05, 0.1) is 69.4 Å². The molecule has 0 bridgehead atoms. The van der Waals surface area contributed by atoms with E-state index in [0.717, 1.165) is 0 Å². The molecule has 0 unspecified atom stereocenters. The summed E-state index contributed by atoms with van der Waals surface area (Å²) in [6.45, 7) is 21.5. The highest BCUT2D eigenvalue weighted by molar-refractivity contribution is 6.23. The molecular weight excluding hydrogens is 1420 g/mol. The second-order valence-electron chi connectivity index (χ2n) is 30.9. The Morgan fingerprint density at radius 3 is 0.804 bits per heavy atom. The number of nitrogens with one attached hydrogen (secondary N) is 6. The maximum atomic E-state index is 14.9. The van der Waals surface area contributed by atoms with Gasteiger partial charge in [0.2, 0.25) is 0 Å². The molecule has 0 spiro atoms. The Balaban J connectivity index is 1.03. The number of Topliss-reactive ketones (excluding diaryl/α,β-unsaturated/α-hetero) is 3. The lowest BCUT2D eigenvalue weighted by Gasteiger charge is -2.28. The van der Waals surface area contributed by atoms with Crippen LogP contribution in [0.25, 0.3) is 17.1 Å². The zero-order chi connectivity index (χ0) is 81.3. The minimum Gasteiger partial charge on any atom is -0.444 e. The average molecular weight is 1530 g/mol. The number of hydrogen-bond acceptors (Lipinski definition) is 18. The summed E-state index contributed by atoms with van der Waals surface area (Å²) in [5.74, 6) is -5.02. The van der Waals surface area contributed by atoms with Crippen molar-refractivity contribution in [3.05, 3.63) is 233 Å². The summed E-state index contributed by atoms with van der Waals surface area (Å²) in [5, 5.41) is 30.4. The number of nitrogens with zero attached hydrogens (tertiary/aromatic N) is 6. The standard InChI is InChI=1S/C85H103N15O12/c1-55-67(52-92-98(55)64-28-16-13-17-29-64)71(101)83(86,46-22-25-49-89-77(107)110-80(4,5)6)74(104)95-61-40-34-58(35-41-61)70(59-36-42-62(43-37-59)96-75(105)84(87,47-23-26-50-90-78(108)111-81(7,8)9)72(102)68-53-93-99(56(68)2)65-30-18-14-19-31-65)60-38-44-63(45-39-60)97-76(106)85(88,48-24-27-51-91-79(109)112-82(10,11)12)73(103)69-54-94-100(57(69)3)66-32-20-15-21-33-66/h13-21,28-45,52-54,70H,22-27,46-51,86-88H2,1-12H3,(H,89,107)(H,90,108)(H,91,109)(H,95,104)(H,96,105)(H,97,106)/t83-,84-,85-/m0/s1. The number of anilines is 3. The van der Waals surface area contributed by atoms with Crippen LogP contribution < -0.4 is 49.1 Å². The lowest BCUT2D eigenvalue weighted by molar-refractivity contribution is -0.120. The Morgan fingerprint density at radius 1 is 0.348 bits per heavy atom. The van der Waals surface area contributed by atoms with Crippen LogP contribution in [0, 0.1) is 20.8 Å². The predicted molar refractivity (Wildman–Crippen MR) is 429 cm³/mol. The summed E-state index contributed by atoms with van der Waals surface area (Å²) in [6, 6.07) is 48.4. The van der Waals surface area contributed by atoms with Crippen LogP contribution in [0.4, 0.5) is 31.4 Å². The quantitative estimate of drug-likeness (QED) is 0.00606. The zero-order valence-corrected chi connectivity index (χ0v) is 65.7. The van der Waals surface area contributed by atoms with Crippen LogP contribution in [0.2, 0.25) is 0 Å². The van der Waals surface area contributed by atoms with Gasteiger partial charge in [-0.1, -0.05) is 91.0 Å². The number of alkyl carbamates (subject to hydrolysis) is 3. The number of amides is 6. The highest BCUT2D eigenvalue weighted by atomic mass is 16.6. The molecule has 3 heterocycles. The van der Waals surface area contributed by atoms with Gasteiger partial charge in [0.25, 0.3) is 17.7 Å². The first-order valence-electron chi connectivity index (χ1n) is 37.4. The van der Waals surface area contributed by atoms with Gasteiger partial charge in [-0.15, -0.1) is 0 Å². The minimum atomic E-state index is -2.14. The van der Waals surface area contributed by atoms with Gasteiger partial charge in [-0.2, -0.15) is 15.3 Å². The van der Waals surface area contributed by atoms with Gasteiger partial charge in [0.15, 0.2) is 34.0 Å². The second kappa shape index (κ2) is 36.3. The van der Waals surface area contributed by atoms with Gasteiger partial charge in [-0.3, -0.25) is 28.8 Å². The second-order valence-corrected chi connectivity index (χ2v) is 30.9. The van der Waals surface area contributed by atoms with E-state index in [4.69, 9.17) is 31.4 Å². The summed E-state index contributed by atoms with van der Waals surface area (Å²) in [7, 11) is 0. The maximum Gasteiger partial charge on any atom is 0.407 e. The molecule has 0 saturated carbocycles. The molecule has 0 aliphatic heterocycles. The van der Waals surface area contributed by atoms with Gasteiger partial charge in [0.1, 0.15) is 16.8 Å². The van der Waals surface area contributed by atoms with Crippen LogP contribution >= 0.6 is 0 Å². The number of unbranched alkanes of at least 4 members (excludes halogenated alkanes) is 3. The number of carbonyl (C=O) groups is 9. The molecule has 590 valence electrons. The first-order chi connectivity index (χ1) is 53.0. The van der Waals surface area contributed by atoms with E-state index in [1.54, 1.807) is 170 Å². The number of ketones is 3. The van der Waals surface area contributed by atoms with Crippen LogP contribution in [0.5, 0.6) is 0 Å². The molecule has 6 amide bonds. The largest absolute Gasteiger partial charge is 0.444 e. The number of aromatic nitrogens is 6. The molecule has 27 nitrogen and oxygen atoms in total. The predicted octanol–water partition coefficient (Wildman–Crippen LogP) is 13.0. The summed E-state index contributed by atoms with van der Waals surface area (Å²) in [6.07, 6.45) is 3.76. The Hall–Kier alpha value is -11.9. The number of rotatable bonds is 33. The molecule has 0 aliphatic rings. The molecule has 12 N–H and O–H groups in total. The molecular formula is C85H103N15O12. The monoisotopic (exact) mass is 1530 g/mol. The SMILES string of the molecule is Cc1c(C(=O)[C@@](N)(CCCCNC(=O)OC(C)(C)C)C(=O)Nc2ccc(C(c3ccc(NC(=O)[C@](N)(CCCCNC(=O)OC(C)(C)C)C(=O)c4cnn(-c5ccccc5)c4C)cc3)c3ccc(NC(=O)[C@](N)(CCCCNC(=O)OC(C)(C)C)C(=O)c4cnn(-c5ccccc5)c4C)cc3)cc2)cnn1-c1ccccc1. The molecule has 3 atom stereocenters. The first kappa shape index (κ1) is 84.1. The minimum absolute atomic E-state index is 0.119. The van der Waals surface area contributed by atoms with Crippen molar-refractivity contribution in [3.8, 4) is 17.1 Å². The highest BCUT2D eigenvalue weighted by Gasteiger charge is 2.46. The fraction of sp³-hybridized carbons (Fsp3) is 0.365. The van der Waals surface area contributed by atoms with Crippen molar-refractivity contribution in [3.63, 3.8) is 0 Å². The van der Waals surface area contributed by atoms with Crippen molar-refractivity contribution in [1.82, 2.24) is 45.3 Å². The van der Waals surface area contributed by atoms with Crippen LogP contribution in [0.3, 0.4) is 0 Å². The smallest absolute Gasteiger partial charge is 0.407 e. The topological polar surface area (TPSA) is 385 Å². The third-order valence-corrected chi connectivity index (χ3v) is 18.7. The van der Waals surface area contributed by atoms with Gasteiger partial charge in [-0.25, -0.2) is 28.4 Å². The number of para-hydroxylation sites is 3. The Labute approximate surface area is 652 Å². The lowest BCUT2D eigenvalue weighted by Crippen LogP contribution is -2.57. The van der Waals surface area contributed by atoms with Crippen molar-refractivity contribution in [2.75, 3.05) is 35.6 Å². The fourth-order valence-corrected chi connectivity index (χ4v) is 12.8. The molecule has 6 aromatic carbocycles. The van der Waals surface area contributed by atoms with Gasteiger partial charge in [0, 0.05) is 42.6 Å². The highest BCUT2D eigenvalue weighted by Crippen LogP contribution is 2.36. The number of hydrogen-bond donors (Lipinski definition) is 9. The molecule has 9 aromatic rings. The van der Waals surface area contributed by atoms with E-state index in [1.807, 2.05) is 91.0 Å². The third-order valence-electron chi connectivity index (χ3n) is 18.7. The number of nitrogens with two attached hydrogens (primary N) is 3. The zero-order valence-electron chi connectivity index (χ0n) is 65.7. The molecule has 112 heavy (non-hydrogen) atoms. The van der Waals surface area contributed by atoms with Gasteiger partial charge < -0.3 is 63.3 Å². The normalized spacial score (nSPS) is 13.3. The Morgan fingerprint density at radius 2 is 0.580 bits per heavy atom. The van der Waals surface area contributed by atoms with Crippen LogP contribution in [0.1, 0.15) is 191 Å². The molecule has 9 rings (SSSR count). The Bertz CT molecular complexity index is 4310. The summed E-state index contributed by atoms with van der Waals surface area (Å²) >= 11 is 0. The van der Waals surface area contributed by atoms with Crippen molar-refractivity contribution in [1.29, 1.82) is 0 Å². The maximum absolute atomic E-state index is 14.9. The van der Waals surface area contributed by atoms with E-state index < -0.39 is 92.7 Å². The van der Waals surface area contributed by atoms with E-state index in [0.29, 0.717) is 70.1 Å². The number of ether oxygens (including phenoxy) is 3.